The summed E-state index contributed by atoms with van der Waals surface area (Å²) in [6.07, 6.45) is 0.255. The molecule has 0 radical (unpaired) electrons. The Morgan fingerprint density at radius 3 is 2.50 bits per heavy atom. The second-order valence-corrected chi connectivity index (χ2v) is 6.23. The molecule has 2 amide bonds. The number of benzene rings is 1. The van der Waals surface area contributed by atoms with Crippen LogP contribution in [0.1, 0.15) is 29.8 Å². The molecule has 4 nitrogen and oxygen atoms in total. The standard InChI is InChI=1S/C17H20N2O2S/c1-13(20)18-16(14-7-4-3-5-8-14)11-17(21)19(2)12-15-9-6-10-22-15/h3-10,16H,11-12H2,1-2H3,(H,18,20). The smallest absolute Gasteiger partial charge is 0.225 e. The van der Waals surface area contributed by atoms with Crippen molar-refractivity contribution in [3.8, 4) is 0 Å². The van der Waals surface area contributed by atoms with Crippen LogP contribution < -0.4 is 5.32 Å². The fourth-order valence-corrected chi connectivity index (χ4v) is 3.00. The van der Waals surface area contributed by atoms with Crippen molar-refractivity contribution in [2.45, 2.75) is 25.9 Å². The molecule has 2 aromatic rings. The zero-order chi connectivity index (χ0) is 15.9. The van der Waals surface area contributed by atoms with Crippen LogP contribution >= 0.6 is 11.3 Å². The minimum absolute atomic E-state index is 0.0102. The van der Waals surface area contributed by atoms with Gasteiger partial charge in [-0.05, 0) is 17.0 Å². The normalized spacial score (nSPS) is 11.7. The first kappa shape index (κ1) is 16.2. The summed E-state index contributed by atoms with van der Waals surface area (Å²) in [5, 5.41) is 4.85. The third kappa shape index (κ3) is 4.70. The van der Waals surface area contributed by atoms with E-state index in [-0.39, 0.29) is 24.3 Å². The largest absolute Gasteiger partial charge is 0.349 e. The highest BCUT2D eigenvalue weighted by Crippen LogP contribution is 2.19. The minimum Gasteiger partial charge on any atom is -0.349 e. The predicted octanol–water partition coefficient (Wildman–Crippen LogP) is 2.97. The van der Waals surface area contributed by atoms with Gasteiger partial charge in [-0.15, -0.1) is 11.3 Å². The number of hydrogen-bond acceptors (Lipinski definition) is 3. The molecule has 1 unspecified atom stereocenters. The molecule has 0 spiro atoms. The van der Waals surface area contributed by atoms with E-state index in [1.54, 1.807) is 23.3 Å². The van der Waals surface area contributed by atoms with E-state index in [4.69, 9.17) is 0 Å². The van der Waals surface area contributed by atoms with E-state index in [0.29, 0.717) is 6.54 Å². The Kier molecular flexibility index (Phi) is 5.72. The van der Waals surface area contributed by atoms with Crippen molar-refractivity contribution in [2.24, 2.45) is 0 Å². The van der Waals surface area contributed by atoms with Gasteiger partial charge in [-0.3, -0.25) is 9.59 Å². The summed E-state index contributed by atoms with van der Waals surface area (Å²) < 4.78 is 0. The van der Waals surface area contributed by atoms with E-state index in [9.17, 15) is 9.59 Å². The van der Waals surface area contributed by atoms with Crippen LogP contribution in [0.4, 0.5) is 0 Å². The maximum Gasteiger partial charge on any atom is 0.225 e. The van der Waals surface area contributed by atoms with Gasteiger partial charge in [-0.25, -0.2) is 0 Å². The lowest BCUT2D eigenvalue weighted by molar-refractivity contribution is -0.131. The van der Waals surface area contributed by atoms with Crippen molar-refractivity contribution in [3.63, 3.8) is 0 Å². The summed E-state index contributed by atoms with van der Waals surface area (Å²) in [6.45, 7) is 2.06. The van der Waals surface area contributed by atoms with Crippen molar-refractivity contribution in [2.75, 3.05) is 7.05 Å². The van der Waals surface area contributed by atoms with Gasteiger partial charge < -0.3 is 10.2 Å². The average Bonchev–Trinajstić information content (AvgIpc) is 3.00. The Balaban J connectivity index is 2.03. The van der Waals surface area contributed by atoms with Gasteiger partial charge in [0, 0.05) is 18.8 Å². The van der Waals surface area contributed by atoms with Crippen LogP contribution in [0.15, 0.2) is 47.8 Å². The minimum atomic E-state index is -0.294. The average molecular weight is 316 g/mol. The van der Waals surface area contributed by atoms with E-state index in [1.807, 2.05) is 47.8 Å². The summed E-state index contributed by atoms with van der Waals surface area (Å²) in [5.74, 6) is -0.126. The molecular weight excluding hydrogens is 296 g/mol. The Morgan fingerprint density at radius 1 is 1.18 bits per heavy atom. The first-order valence-electron chi connectivity index (χ1n) is 7.14. The van der Waals surface area contributed by atoms with Crippen LogP contribution in [-0.4, -0.2) is 23.8 Å². The highest BCUT2D eigenvalue weighted by atomic mass is 32.1. The van der Waals surface area contributed by atoms with Crippen molar-refractivity contribution in [1.82, 2.24) is 10.2 Å². The molecule has 1 atom stereocenters. The van der Waals surface area contributed by atoms with Crippen molar-refractivity contribution in [1.29, 1.82) is 0 Å². The highest BCUT2D eigenvalue weighted by molar-refractivity contribution is 7.09. The number of thiophene rings is 1. The Bertz CT molecular complexity index is 611. The maximum absolute atomic E-state index is 12.4. The highest BCUT2D eigenvalue weighted by Gasteiger charge is 2.19. The van der Waals surface area contributed by atoms with Gasteiger partial charge in [-0.1, -0.05) is 36.4 Å². The first-order valence-corrected chi connectivity index (χ1v) is 8.02. The molecule has 0 saturated heterocycles. The monoisotopic (exact) mass is 316 g/mol. The molecule has 5 heteroatoms. The Morgan fingerprint density at radius 2 is 1.91 bits per heavy atom. The number of carbonyl (C=O) groups excluding carboxylic acids is 2. The SMILES string of the molecule is CC(=O)NC(CC(=O)N(C)Cc1cccs1)c1ccccc1. The molecule has 22 heavy (non-hydrogen) atoms. The van der Waals surface area contributed by atoms with Crippen molar-refractivity contribution in [3.05, 3.63) is 58.3 Å². The number of nitrogens with zero attached hydrogens (tertiary/aromatic N) is 1. The van der Waals surface area contributed by atoms with Crippen LogP contribution in [0.25, 0.3) is 0 Å². The molecule has 2 rings (SSSR count). The molecule has 1 aromatic heterocycles. The van der Waals surface area contributed by atoms with Gasteiger partial charge in [0.15, 0.2) is 0 Å². The number of amides is 2. The molecule has 0 aliphatic rings. The third-order valence-corrected chi connectivity index (χ3v) is 4.22. The quantitative estimate of drug-likeness (QED) is 0.890. The molecule has 0 aliphatic carbocycles. The Hall–Kier alpha value is -2.14. The molecule has 1 aromatic carbocycles. The van der Waals surface area contributed by atoms with Crippen molar-refractivity contribution >= 4 is 23.2 Å². The lowest BCUT2D eigenvalue weighted by atomic mass is 10.0. The summed E-state index contributed by atoms with van der Waals surface area (Å²) >= 11 is 1.63. The van der Waals surface area contributed by atoms with Crippen LogP contribution in [0.3, 0.4) is 0 Å². The summed E-state index contributed by atoms with van der Waals surface area (Å²) in [7, 11) is 1.79. The lowest BCUT2D eigenvalue weighted by Crippen LogP contribution is -2.33. The second kappa shape index (κ2) is 7.75. The molecule has 1 heterocycles. The molecular formula is C17H20N2O2S. The zero-order valence-corrected chi connectivity index (χ0v) is 13.6. The van der Waals surface area contributed by atoms with E-state index in [0.717, 1.165) is 10.4 Å². The van der Waals surface area contributed by atoms with Gasteiger partial charge in [0.25, 0.3) is 0 Å². The first-order chi connectivity index (χ1) is 10.6. The van der Waals surface area contributed by atoms with Crippen LogP contribution in [0.5, 0.6) is 0 Å². The summed E-state index contributed by atoms with van der Waals surface area (Å²) in [5.41, 5.74) is 0.940. The number of hydrogen-bond donors (Lipinski definition) is 1. The van der Waals surface area contributed by atoms with Crippen LogP contribution in [-0.2, 0) is 16.1 Å². The zero-order valence-electron chi connectivity index (χ0n) is 12.8. The van der Waals surface area contributed by atoms with E-state index >= 15 is 0 Å². The van der Waals surface area contributed by atoms with E-state index in [2.05, 4.69) is 5.32 Å². The van der Waals surface area contributed by atoms with Crippen molar-refractivity contribution < 1.29 is 9.59 Å². The Labute approximate surface area is 134 Å². The molecule has 0 saturated carbocycles. The summed E-state index contributed by atoms with van der Waals surface area (Å²) in [4.78, 5) is 26.7. The number of carbonyl (C=O) groups is 2. The predicted molar refractivity (Wildman–Crippen MR) is 88.4 cm³/mol. The second-order valence-electron chi connectivity index (χ2n) is 5.20. The third-order valence-electron chi connectivity index (χ3n) is 3.36. The van der Waals surface area contributed by atoms with E-state index < -0.39 is 0 Å². The summed E-state index contributed by atoms with van der Waals surface area (Å²) in [6, 6.07) is 13.3. The van der Waals surface area contributed by atoms with E-state index in [1.165, 1.54) is 6.92 Å². The van der Waals surface area contributed by atoms with Crippen LogP contribution in [0, 0.1) is 0 Å². The molecule has 0 bridgehead atoms. The molecule has 0 fully saturated rings. The molecule has 0 aliphatic heterocycles. The fraction of sp³-hybridized carbons (Fsp3) is 0.294. The number of nitrogens with one attached hydrogen (secondary N) is 1. The topological polar surface area (TPSA) is 49.4 Å². The number of rotatable bonds is 6. The van der Waals surface area contributed by atoms with Gasteiger partial charge in [0.1, 0.15) is 0 Å². The van der Waals surface area contributed by atoms with Gasteiger partial charge >= 0.3 is 0 Å². The lowest BCUT2D eigenvalue weighted by Gasteiger charge is -2.22. The molecule has 1 N–H and O–H groups in total. The molecule has 116 valence electrons. The maximum atomic E-state index is 12.4. The van der Waals surface area contributed by atoms with Crippen LogP contribution in [0.2, 0.25) is 0 Å². The van der Waals surface area contributed by atoms with Gasteiger partial charge in [-0.2, -0.15) is 0 Å². The fourth-order valence-electron chi connectivity index (χ4n) is 2.24. The van der Waals surface area contributed by atoms with Gasteiger partial charge in [0.2, 0.25) is 11.8 Å². The van der Waals surface area contributed by atoms with Gasteiger partial charge in [0.05, 0.1) is 19.0 Å².